The van der Waals surface area contributed by atoms with Crippen molar-refractivity contribution in [2.75, 3.05) is 6.67 Å². The molecule has 14 heteroatoms. The summed E-state index contributed by atoms with van der Waals surface area (Å²) in [6.45, 7) is 17.0. The lowest BCUT2D eigenvalue weighted by Crippen LogP contribution is -2.58. The molecule has 2 unspecified atom stereocenters. The highest BCUT2D eigenvalue weighted by Crippen LogP contribution is 2.41. The topological polar surface area (TPSA) is 112 Å². The van der Waals surface area contributed by atoms with Crippen molar-refractivity contribution in [1.29, 1.82) is 0 Å². The molecule has 0 amide bonds. The van der Waals surface area contributed by atoms with E-state index in [1.165, 1.54) is 0 Å². The molecule has 2 atom stereocenters. The fourth-order valence-corrected chi connectivity index (χ4v) is 5.77. The number of hydrogen-bond acceptors (Lipinski definition) is 6. The van der Waals surface area contributed by atoms with Gasteiger partial charge in [-0.2, -0.15) is 0 Å². The molecule has 0 bridgehead atoms. The summed E-state index contributed by atoms with van der Waals surface area (Å²) in [7, 11) is 0. The molecule has 0 saturated heterocycles. The maximum absolute atomic E-state index is 13.5. The smallest absolute Gasteiger partial charge is 0.330 e. The Labute approximate surface area is 253 Å². The number of aryl methyl sites for hydroxylation is 2. The molecule has 2 aromatic rings. The van der Waals surface area contributed by atoms with E-state index < -0.39 is 23.2 Å². The number of imidazole rings is 2. The average molecular weight is 617 g/mol. The van der Waals surface area contributed by atoms with E-state index in [2.05, 4.69) is 25.3 Å². The molecule has 220 valence electrons. The third-order valence-corrected chi connectivity index (χ3v) is 8.92. The Balaban J connectivity index is 2.85. The molecule has 4 N–H and O–H groups in total. The monoisotopic (exact) mass is 616 g/mol. The molecule has 2 heterocycles. The van der Waals surface area contributed by atoms with Crippen LogP contribution in [0.2, 0.25) is 0 Å². The first-order chi connectivity index (χ1) is 18.0. The van der Waals surface area contributed by atoms with Gasteiger partial charge >= 0.3 is 11.4 Å². The van der Waals surface area contributed by atoms with Crippen LogP contribution >= 0.6 is 49.7 Å². The summed E-state index contributed by atoms with van der Waals surface area (Å²) in [4.78, 5) is 30.5. The van der Waals surface area contributed by atoms with Gasteiger partial charge in [-0.1, -0.05) is 41.5 Å². The number of hydrogen-bond donors (Lipinski definition) is 4. The summed E-state index contributed by atoms with van der Waals surface area (Å²) in [5.41, 5.74) is 11.4. The molecule has 2 aromatic heterocycles. The quantitative estimate of drug-likeness (QED) is 0.162. The van der Waals surface area contributed by atoms with Gasteiger partial charge in [-0.15, -0.1) is 25.3 Å². The zero-order valence-electron chi connectivity index (χ0n) is 24.2. The van der Waals surface area contributed by atoms with Crippen molar-refractivity contribution in [3.05, 3.63) is 33.4 Å². The van der Waals surface area contributed by atoms with Crippen LogP contribution in [0.5, 0.6) is 0 Å². The Kier molecular flexibility index (Phi) is 10.9. The zero-order valence-corrected chi connectivity index (χ0v) is 27.6. The lowest BCUT2D eigenvalue weighted by atomic mass is 9.84. The van der Waals surface area contributed by atoms with E-state index in [0.717, 1.165) is 0 Å². The van der Waals surface area contributed by atoms with Crippen LogP contribution in [0.25, 0.3) is 0 Å². The van der Waals surface area contributed by atoms with Crippen LogP contribution in [0.4, 0.5) is 0 Å². The van der Waals surface area contributed by atoms with Gasteiger partial charge in [0, 0.05) is 36.3 Å². The number of nitrogens with zero attached hydrogens (tertiary/aromatic N) is 6. The van der Waals surface area contributed by atoms with Crippen LogP contribution in [-0.2, 0) is 13.1 Å². The van der Waals surface area contributed by atoms with Gasteiger partial charge < -0.3 is 21.3 Å². The molecule has 0 saturated carbocycles. The summed E-state index contributed by atoms with van der Waals surface area (Å²) in [6, 6.07) is 0. The van der Waals surface area contributed by atoms with Crippen LogP contribution in [0.3, 0.4) is 0 Å². The molecule has 0 radical (unpaired) electrons. The predicted molar refractivity (Wildman–Crippen MR) is 172 cm³/mol. The Morgan fingerprint density at radius 3 is 1.31 bits per heavy atom. The SMILES string of the molecule is CCn1cc(S)n(C(N(CN(C(N)=S)C(n2c(S)cn(CC)c2=O)C(C)(C)CC)C(N)=S)C(C)(C)CC)c1=O. The van der Waals surface area contributed by atoms with Crippen molar-refractivity contribution in [3.63, 3.8) is 0 Å². The van der Waals surface area contributed by atoms with E-state index in [0.29, 0.717) is 36.0 Å². The second kappa shape index (κ2) is 12.7. The van der Waals surface area contributed by atoms with Crippen molar-refractivity contribution in [1.82, 2.24) is 28.1 Å². The largest absolute Gasteiger partial charge is 0.376 e. The minimum atomic E-state index is -0.623. The highest BCUT2D eigenvalue weighted by molar-refractivity contribution is 7.80. The van der Waals surface area contributed by atoms with Gasteiger partial charge in [-0.05, 0) is 51.1 Å². The summed E-state index contributed by atoms with van der Waals surface area (Å²) in [6.07, 6.45) is 3.56. The number of rotatable bonds is 12. The fourth-order valence-electron chi connectivity index (χ4n) is 4.79. The van der Waals surface area contributed by atoms with Crippen LogP contribution in [0.15, 0.2) is 32.0 Å². The molecule has 0 fully saturated rings. The van der Waals surface area contributed by atoms with E-state index in [-0.39, 0.29) is 28.3 Å². The summed E-state index contributed by atoms with van der Waals surface area (Å²) >= 11 is 20.5. The van der Waals surface area contributed by atoms with Gasteiger partial charge in [0.1, 0.15) is 12.3 Å². The molecular formula is C25H44N8O2S4. The van der Waals surface area contributed by atoms with Crippen molar-refractivity contribution < 1.29 is 0 Å². The van der Waals surface area contributed by atoms with E-state index in [1.807, 2.05) is 55.4 Å². The summed E-state index contributed by atoms with van der Waals surface area (Å²) in [5, 5.41) is 1.08. The number of thiocarbonyl (C=S) groups is 2. The van der Waals surface area contributed by atoms with Gasteiger partial charge in [-0.3, -0.25) is 18.3 Å². The molecule has 0 aromatic carbocycles. The first-order valence-corrected chi connectivity index (χ1v) is 14.8. The minimum Gasteiger partial charge on any atom is -0.376 e. The summed E-state index contributed by atoms with van der Waals surface area (Å²) < 4.78 is 6.40. The molecular weight excluding hydrogens is 573 g/mol. The lowest BCUT2D eigenvalue weighted by molar-refractivity contribution is 0.00102. The summed E-state index contributed by atoms with van der Waals surface area (Å²) in [5.74, 6) is 0. The van der Waals surface area contributed by atoms with E-state index in [1.54, 1.807) is 40.5 Å². The second-order valence-electron chi connectivity index (χ2n) is 11.0. The van der Waals surface area contributed by atoms with Crippen LogP contribution in [-0.4, -0.2) is 45.0 Å². The van der Waals surface area contributed by atoms with E-state index in [9.17, 15) is 9.59 Å². The van der Waals surface area contributed by atoms with Gasteiger partial charge in [0.2, 0.25) is 0 Å². The minimum absolute atomic E-state index is 0.0286. The third kappa shape index (κ3) is 6.54. The standard InChI is InChI=1S/C25H44N8O2S4/c1-9-24(5,6)18(32-16(36)13-28(11-3)22(32)34)30(20(26)38)15-31(21(27)39)19(25(7,8)10-2)33-17(37)14-29(12-4)23(33)35/h13-14,18-19,36-37H,9-12,15H2,1-8H3,(H2,26,38)(H2,27,39). The fraction of sp³-hybridized carbons (Fsp3) is 0.680. The normalized spacial score (nSPS) is 13.8. The first kappa shape index (κ1) is 33.3. The Morgan fingerprint density at radius 2 is 1.10 bits per heavy atom. The maximum atomic E-state index is 13.5. The number of nitrogens with two attached hydrogens (primary N) is 2. The van der Waals surface area contributed by atoms with Gasteiger partial charge in [0.05, 0.1) is 16.7 Å². The second-order valence-corrected chi connectivity index (χ2v) is 12.8. The molecule has 0 aliphatic heterocycles. The van der Waals surface area contributed by atoms with Crippen LogP contribution in [0.1, 0.15) is 80.6 Å². The highest BCUT2D eigenvalue weighted by Gasteiger charge is 2.43. The van der Waals surface area contributed by atoms with Crippen molar-refractivity contribution in [3.8, 4) is 0 Å². The highest BCUT2D eigenvalue weighted by atomic mass is 32.1. The van der Waals surface area contributed by atoms with Gasteiger partial charge in [0.15, 0.2) is 10.2 Å². The van der Waals surface area contributed by atoms with Crippen molar-refractivity contribution >= 4 is 59.9 Å². The maximum Gasteiger partial charge on any atom is 0.330 e. The number of thiol groups is 2. The molecule has 2 rings (SSSR count). The average Bonchev–Trinajstić information content (AvgIpc) is 3.31. The van der Waals surface area contributed by atoms with Crippen LogP contribution < -0.4 is 22.8 Å². The Hall–Kier alpha value is -1.90. The van der Waals surface area contributed by atoms with E-state index in [4.69, 9.17) is 35.9 Å². The van der Waals surface area contributed by atoms with Crippen molar-refractivity contribution in [2.24, 2.45) is 22.3 Å². The molecule has 0 aliphatic carbocycles. The Morgan fingerprint density at radius 1 is 0.795 bits per heavy atom. The van der Waals surface area contributed by atoms with Gasteiger partial charge in [-0.25, -0.2) is 9.59 Å². The third-order valence-electron chi connectivity index (χ3n) is 7.79. The van der Waals surface area contributed by atoms with Crippen LogP contribution in [0, 0.1) is 10.8 Å². The molecule has 0 aliphatic rings. The lowest BCUT2D eigenvalue weighted by Gasteiger charge is -2.48. The Bertz CT molecular complexity index is 1210. The van der Waals surface area contributed by atoms with Crippen molar-refractivity contribution in [2.45, 2.75) is 104 Å². The number of aromatic nitrogens is 4. The molecule has 39 heavy (non-hydrogen) atoms. The first-order valence-electron chi connectivity index (χ1n) is 13.1. The van der Waals surface area contributed by atoms with E-state index >= 15 is 0 Å². The van der Waals surface area contributed by atoms with Gasteiger partial charge in [0.25, 0.3) is 0 Å². The predicted octanol–water partition coefficient (Wildman–Crippen LogP) is 3.85. The molecule has 10 nitrogen and oxygen atoms in total. The zero-order chi connectivity index (χ0) is 30.0. The molecule has 0 spiro atoms.